The summed E-state index contributed by atoms with van der Waals surface area (Å²) in [6, 6.07) is 16.6. The smallest absolute Gasteiger partial charge is 0.253 e. The zero-order valence-corrected chi connectivity index (χ0v) is 15.6. The molecule has 0 unspecified atom stereocenters. The molecule has 0 saturated carbocycles. The number of likely N-dealkylation sites (N-methyl/N-ethyl adjacent to an activating group) is 1. The maximum Gasteiger partial charge on any atom is 0.253 e. The summed E-state index contributed by atoms with van der Waals surface area (Å²) in [6.07, 6.45) is 1.77. The molecule has 3 aromatic rings. The molecular weight excluding hydrogens is 356 g/mol. The second-order valence-corrected chi connectivity index (χ2v) is 6.42. The fraction of sp³-hybridized carbons (Fsp3) is 0.190. The fourth-order valence-corrected chi connectivity index (χ4v) is 2.85. The van der Waals surface area contributed by atoms with Crippen LogP contribution in [0.25, 0.3) is 10.9 Å². The molecule has 28 heavy (non-hydrogen) atoms. The second kappa shape index (κ2) is 8.85. The van der Waals surface area contributed by atoms with E-state index in [9.17, 15) is 14.4 Å². The molecule has 0 saturated heterocycles. The molecule has 0 spiro atoms. The van der Waals surface area contributed by atoms with Crippen LogP contribution >= 0.6 is 0 Å². The molecule has 1 heterocycles. The van der Waals surface area contributed by atoms with Gasteiger partial charge in [-0.3, -0.25) is 14.4 Å². The molecule has 0 aliphatic carbocycles. The Morgan fingerprint density at radius 2 is 1.71 bits per heavy atom. The standard InChI is InChI=1S/C21H22N4O3/c1-25(14-19(26)24-15-7-3-2-4-8-15)20(27)11-12-22-21(28)17-13-23-18-10-6-5-9-16(17)18/h2-10,13,23H,11-12,14H2,1H3,(H,22,28)(H,24,26). The number of anilines is 1. The first-order valence-corrected chi connectivity index (χ1v) is 8.98. The lowest BCUT2D eigenvalue weighted by Gasteiger charge is -2.17. The van der Waals surface area contributed by atoms with Crippen molar-refractivity contribution in [2.45, 2.75) is 6.42 Å². The Labute approximate surface area is 162 Å². The van der Waals surface area contributed by atoms with Gasteiger partial charge in [-0.1, -0.05) is 36.4 Å². The van der Waals surface area contributed by atoms with Crippen LogP contribution < -0.4 is 10.6 Å². The van der Waals surface area contributed by atoms with E-state index in [0.717, 1.165) is 10.9 Å². The molecule has 0 fully saturated rings. The zero-order chi connectivity index (χ0) is 19.9. The molecule has 3 N–H and O–H groups in total. The SMILES string of the molecule is CN(CC(=O)Nc1ccccc1)C(=O)CCNC(=O)c1c[nH]c2ccccc12. The van der Waals surface area contributed by atoms with Crippen molar-refractivity contribution in [1.29, 1.82) is 0 Å². The summed E-state index contributed by atoms with van der Waals surface area (Å²) in [4.78, 5) is 40.9. The maximum atomic E-state index is 12.3. The van der Waals surface area contributed by atoms with Crippen LogP contribution in [0.15, 0.2) is 60.8 Å². The molecule has 3 amide bonds. The lowest BCUT2D eigenvalue weighted by atomic mass is 10.1. The first-order chi connectivity index (χ1) is 13.5. The number of amides is 3. The molecule has 1 aromatic heterocycles. The number of carbonyl (C=O) groups is 3. The van der Waals surface area contributed by atoms with Gasteiger partial charge in [0.15, 0.2) is 0 Å². The molecule has 0 radical (unpaired) electrons. The largest absolute Gasteiger partial charge is 0.360 e. The fourth-order valence-electron chi connectivity index (χ4n) is 2.85. The number of para-hydroxylation sites is 2. The monoisotopic (exact) mass is 378 g/mol. The van der Waals surface area contributed by atoms with E-state index in [1.807, 2.05) is 42.5 Å². The third-order valence-electron chi connectivity index (χ3n) is 4.32. The second-order valence-electron chi connectivity index (χ2n) is 6.42. The normalized spacial score (nSPS) is 10.5. The molecule has 7 heteroatoms. The first kappa shape index (κ1) is 19.2. The minimum atomic E-state index is -0.273. The molecule has 0 aliphatic heterocycles. The number of hydrogen-bond donors (Lipinski definition) is 3. The van der Waals surface area contributed by atoms with Crippen LogP contribution in [0.5, 0.6) is 0 Å². The summed E-state index contributed by atoms with van der Waals surface area (Å²) in [5, 5.41) is 6.31. The lowest BCUT2D eigenvalue weighted by Crippen LogP contribution is -2.37. The number of aromatic nitrogens is 1. The molecule has 144 valence electrons. The highest BCUT2D eigenvalue weighted by Gasteiger charge is 2.15. The van der Waals surface area contributed by atoms with Gasteiger partial charge in [0.2, 0.25) is 11.8 Å². The minimum absolute atomic E-state index is 0.0515. The van der Waals surface area contributed by atoms with Crippen LogP contribution in [0.1, 0.15) is 16.8 Å². The van der Waals surface area contributed by atoms with E-state index in [2.05, 4.69) is 15.6 Å². The Balaban J connectivity index is 1.44. The van der Waals surface area contributed by atoms with Gasteiger partial charge in [-0.15, -0.1) is 0 Å². The molecule has 7 nitrogen and oxygen atoms in total. The van der Waals surface area contributed by atoms with Gasteiger partial charge in [0.25, 0.3) is 5.91 Å². The Bertz CT molecular complexity index is 981. The lowest BCUT2D eigenvalue weighted by molar-refractivity contribution is -0.133. The maximum absolute atomic E-state index is 12.3. The van der Waals surface area contributed by atoms with E-state index >= 15 is 0 Å². The number of benzene rings is 2. The van der Waals surface area contributed by atoms with Crippen LogP contribution in [0.4, 0.5) is 5.69 Å². The molecule has 3 rings (SSSR count). The number of nitrogens with zero attached hydrogens (tertiary/aromatic N) is 1. The van der Waals surface area contributed by atoms with Crippen LogP contribution in [0.2, 0.25) is 0 Å². The van der Waals surface area contributed by atoms with E-state index in [1.54, 1.807) is 25.4 Å². The quantitative estimate of drug-likeness (QED) is 0.589. The number of aromatic amines is 1. The molecular formula is C21H22N4O3. The van der Waals surface area contributed by atoms with Crippen molar-refractivity contribution in [3.63, 3.8) is 0 Å². The summed E-state index contributed by atoms with van der Waals surface area (Å²) in [6.45, 7) is 0.145. The van der Waals surface area contributed by atoms with E-state index in [4.69, 9.17) is 0 Å². The summed E-state index contributed by atoms with van der Waals surface area (Å²) in [7, 11) is 1.56. The highest BCUT2D eigenvalue weighted by atomic mass is 16.2. The summed E-state index contributed by atoms with van der Waals surface area (Å²) in [5.41, 5.74) is 2.10. The van der Waals surface area contributed by atoms with Crippen LogP contribution in [-0.2, 0) is 9.59 Å². The van der Waals surface area contributed by atoms with E-state index in [-0.39, 0.29) is 37.2 Å². The predicted molar refractivity (Wildman–Crippen MR) is 108 cm³/mol. The average molecular weight is 378 g/mol. The first-order valence-electron chi connectivity index (χ1n) is 8.98. The predicted octanol–water partition coefficient (Wildman–Crippen LogP) is 2.38. The number of hydrogen-bond acceptors (Lipinski definition) is 3. The van der Waals surface area contributed by atoms with Crippen LogP contribution in [0, 0.1) is 0 Å². The third kappa shape index (κ3) is 4.76. The molecule has 2 aromatic carbocycles. The van der Waals surface area contributed by atoms with Crippen molar-refractivity contribution in [3.05, 3.63) is 66.4 Å². The van der Waals surface area contributed by atoms with Gasteiger partial charge < -0.3 is 20.5 Å². The number of carbonyl (C=O) groups excluding carboxylic acids is 3. The van der Waals surface area contributed by atoms with Gasteiger partial charge >= 0.3 is 0 Å². The summed E-state index contributed by atoms with van der Waals surface area (Å²) in [5.74, 6) is -0.734. The van der Waals surface area contributed by atoms with Crippen LogP contribution in [0.3, 0.4) is 0 Å². The highest BCUT2D eigenvalue weighted by molar-refractivity contribution is 6.06. The Morgan fingerprint density at radius 3 is 2.50 bits per heavy atom. The van der Waals surface area contributed by atoms with Crippen molar-refractivity contribution in [3.8, 4) is 0 Å². The van der Waals surface area contributed by atoms with Crippen LogP contribution in [-0.4, -0.2) is 47.7 Å². The number of H-pyrrole nitrogens is 1. The van der Waals surface area contributed by atoms with Crippen molar-refractivity contribution < 1.29 is 14.4 Å². The van der Waals surface area contributed by atoms with E-state index in [1.165, 1.54) is 4.90 Å². The number of fused-ring (bicyclic) bond motifs is 1. The van der Waals surface area contributed by atoms with Crippen molar-refractivity contribution >= 4 is 34.3 Å². The van der Waals surface area contributed by atoms with Crippen molar-refractivity contribution in [2.24, 2.45) is 0 Å². The third-order valence-corrected chi connectivity index (χ3v) is 4.32. The molecule has 0 bridgehead atoms. The van der Waals surface area contributed by atoms with Gasteiger partial charge in [0.05, 0.1) is 12.1 Å². The minimum Gasteiger partial charge on any atom is -0.360 e. The van der Waals surface area contributed by atoms with Gasteiger partial charge in [0.1, 0.15) is 0 Å². The Morgan fingerprint density at radius 1 is 1.00 bits per heavy atom. The van der Waals surface area contributed by atoms with E-state index < -0.39 is 0 Å². The summed E-state index contributed by atoms with van der Waals surface area (Å²) >= 11 is 0. The number of rotatable bonds is 7. The Hall–Kier alpha value is -3.61. The number of nitrogens with one attached hydrogen (secondary N) is 3. The van der Waals surface area contributed by atoms with Gasteiger partial charge in [0, 0.05) is 42.8 Å². The summed E-state index contributed by atoms with van der Waals surface area (Å²) < 4.78 is 0. The highest BCUT2D eigenvalue weighted by Crippen LogP contribution is 2.17. The molecule has 0 aliphatic rings. The van der Waals surface area contributed by atoms with E-state index in [0.29, 0.717) is 11.3 Å². The topological polar surface area (TPSA) is 94.3 Å². The van der Waals surface area contributed by atoms with Gasteiger partial charge in [-0.25, -0.2) is 0 Å². The van der Waals surface area contributed by atoms with Crippen molar-refractivity contribution in [2.75, 3.05) is 25.5 Å². The Kier molecular flexibility index (Phi) is 6.06. The van der Waals surface area contributed by atoms with Crippen molar-refractivity contribution in [1.82, 2.24) is 15.2 Å². The molecule has 0 atom stereocenters. The average Bonchev–Trinajstić information content (AvgIpc) is 3.12. The van der Waals surface area contributed by atoms with Gasteiger partial charge in [-0.05, 0) is 18.2 Å². The zero-order valence-electron chi connectivity index (χ0n) is 15.6. The van der Waals surface area contributed by atoms with Gasteiger partial charge in [-0.2, -0.15) is 0 Å².